The first-order valence-electron chi connectivity index (χ1n) is 8.03. The standard InChI is InChI=1S/C21H20O3/c1-24-21(23)19-10-8-16-7-9-18(13-20(16)14-19)17-6-2-4-15(12-17)5-3-11-22/h2,4,6-10,12-14,22H,3,5,11H2,1H3. The summed E-state index contributed by atoms with van der Waals surface area (Å²) < 4.78 is 4.79. The molecule has 0 aliphatic carbocycles. The second-order valence-corrected chi connectivity index (χ2v) is 5.80. The summed E-state index contributed by atoms with van der Waals surface area (Å²) >= 11 is 0. The van der Waals surface area contributed by atoms with Gasteiger partial charge in [0.15, 0.2) is 0 Å². The van der Waals surface area contributed by atoms with E-state index in [9.17, 15) is 4.79 Å². The van der Waals surface area contributed by atoms with Crippen LogP contribution in [0.3, 0.4) is 0 Å². The molecular formula is C21H20O3. The molecule has 0 aromatic heterocycles. The number of ether oxygens (including phenoxy) is 1. The summed E-state index contributed by atoms with van der Waals surface area (Å²) in [6, 6.07) is 20.2. The summed E-state index contributed by atoms with van der Waals surface area (Å²) in [5.74, 6) is -0.326. The number of aliphatic hydroxyl groups is 1. The van der Waals surface area contributed by atoms with Gasteiger partial charge in [-0.2, -0.15) is 0 Å². The van der Waals surface area contributed by atoms with E-state index >= 15 is 0 Å². The van der Waals surface area contributed by atoms with Crippen LogP contribution in [0.2, 0.25) is 0 Å². The first kappa shape index (κ1) is 16.2. The molecular weight excluding hydrogens is 300 g/mol. The van der Waals surface area contributed by atoms with Gasteiger partial charge in [0.05, 0.1) is 12.7 Å². The molecule has 3 rings (SSSR count). The number of methoxy groups -OCH3 is 1. The minimum Gasteiger partial charge on any atom is -0.465 e. The smallest absolute Gasteiger partial charge is 0.337 e. The van der Waals surface area contributed by atoms with Gasteiger partial charge < -0.3 is 9.84 Å². The average Bonchev–Trinajstić information content (AvgIpc) is 2.65. The highest BCUT2D eigenvalue weighted by Gasteiger charge is 2.07. The molecule has 0 aliphatic heterocycles. The number of fused-ring (bicyclic) bond motifs is 1. The average molecular weight is 320 g/mol. The zero-order valence-corrected chi connectivity index (χ0v) is 13.7. The Morgan fingerprint density at radius 1 is 0.958 bits per heavy atom. The molecule has 3 heteroatoms. The van der Waals surface area contributed by atoms with Crippen molar-refractivity contribution < 1.29 is 14.6 Å². The largest absolute Gasteiger partial charge is 0.465 e. The summed E-state index contributed by atoms with van der Waals surface area (Å²) in [6.45, 7) is 0.205. The van der Waals surface area contributed by atoms with Crippen LogP contribution >= 0.6 is 0 Å². The Bertz CT molecular complexity index is 868. The number of aliphatic hydroxyl groups excluding tert-OH is 1. The van der Waals surface area contributed by atoms with Crippen molar-refractivity contribution in [1.82, 2.24) is 0 Å². The minimum absolute atomic E-state index is 0.205. The maximum atomic E-state index is 11.7. The van der Waals surface area contributed by atoms with Crippen LogP contribution in [0.4, 0.5) is 0 Å². The van der Waals surface area contributed by atoms with Gasteiger partial charge in [0, 0.05) is 6.61 Å². The lowest BCUT2D eigenvalue weighted by Crippen LogP contribution is -2.00. The van der Waals surface area contributed by atoms with Gasteiger partial charge in [-0.05, 0) is 58.5 Å². The van der Waals surface area contributed by atoms with Gasteiger partial charge >= 0.3 is 5.97 Å². The molecule has 3 nitrogen and oxygen atoms in total. The van der Waals surface area contributed by atoms with Gasteiger partial charge in [0.1, 0.15) is 0 Å². The minimum atomic E-state index is -0.326. The number of hydrogen-bond donors (Lipinski definition) is 1. The van der Waals surface area contributed by atoms with Gasteiger partial charge in [0.25, 0.3) is 0 Å². The van der Waals surface area contributed by atoms with Crippen molar-refractivity contribution in [3.05, 3.63) is 71.8 Å². The number of benzene rings is 3. The summed E-state index contributed by atoms with van der Waals surface area (Å²) in [5.41, 5.74) is 4.01. The zero-order chi connectivity index (χ0) is 16.9. The number of carbonyl (C=O) groups is 1. The van der Waals surface area contributed by atoms with E-state index in [2.05, 4.69) is 36.4 Å². The third-order valence-corrected chi connectivity index (χ3v) is 4.15. The predicted octanol–water partition coefficient (Wildman–Crippen LogP) is 4.22. The maximum absolute atomic E-state index is 11.7. The molecule has 0 fully saturated rings. The van der Waals surface area contributed by atoms with Crippen LogP contribution in [0.25, 0.3) is 21.9 Å². The van der Waals surface area contributed by atoms with E-state index < -0.39 is 0 Å². The van der Waals surface area contributed by atoms with Gasteiger partial charge in [0.2, 0.25) is 0 Å². The Morgan fingerprint density at radius 3 is 2.54 bits per heavy atom. The quantitative estimate of drug-likeness (QED) is 0.716. The van der Waals surface area contributed by atoms with Crippen molar-refractivity contribution in [3.8, 4) is 11.1 Å². The molecule has 0 amide bonds. The van der Waals surface area contributed by atoms with E-state index in [0.29, 0.717) is 5.56 Å². The fraction of sp³-hybridized carbons (Fsp3) is 0.190. The molecule has 122 valence electrons. The summed E-state index contributed by atoms with van der Waals surface area (Å²) in [5, 5.41) is 11.1. The van der Waals surface area contributed by atoms with E-state index in [1.54, 1.807) is 6.07 Å². The van der Waals surface area contributed by atoms with Gasteiger partial charge in [-0.1, -0.05) is 42.5 Å². The first-order valence-corrected chi connectivity index (χ1v) is 8.03. The molecule has 0 atom stereocenters. The number of aryl methyl sites for hydroxylation is 1. The van der Waals surface area contributed by atoms with E-state index in [0.717, 1.165) is 34.7 Å². The van der Waals surface area contributed by atoms with Crippen molar-refractivity contribution in [2.75, 3.05) is 13.7 Å². The Kier molecular flexibility index (Phi) is 4.92. The Labute approximate surface area is 141 Å². The number of hydrogen-bond acceptors (Lipinski definition) is 3. The number of rotatable bonds is 5. The molecule has 3 aromatic rings. The second-order valence-electron chi connectivity index (χ2n) is 5.80. The van der Waals surface area contributed by atoms with Crippen LogP contribution < -0.4 is 0 Å². The topological polar surface area (TPSA) is 46.5 Å². The van der Waals surface area contributed by atoms with Gasteiger partial charge in [-0.25, -0.2) is 4.79 Å². The van der Waals surface area contributed by atoms with E-state index in [4.69, 9.17) is 9.84 Å². The number of esters is 1. The van der Waals surface area contributed by atoms with Crippen LogP contribution in [0.15, 0.2) is 60.7 Å². The third-order valence-electron chi connectivity index (χ3n) is 4.15. The predicted molar refractivity (Wildman–Crippen MR) is 96.1 cm³/mol. The Balaban J connectivity index is 1.99. The monoisotopic (exact) mass is 320 g/mol. The second kappa shape index (κ2) is 7.28. The van der Waals surface area contributed by atoms with Gasteiger partial charge in [-0.3, -0.25) is 0 Å². The molecule has 0 bridgehead atoms. The van der Waals surface area contributed by atoms with Crippen molar-refractivity contribution in [3.63, 3.8) is 0 Å². The van der Waals surface area contributed by atoms with E-state index in [1.165, 1.54) is 12.7 Å². The summed E-state index contributed by atoms with van der Waals surface area (Å²) in [6.07, 6.45) is 1.63. The molecule has 0 heterocycles. The van der Waals surface area contributed by atoms with Crippen molar-refractivity contribution in [1.29, 1.82) is 0 Å². The van der Waals surface area contributed by atoms with E-state index in [1.807, 2.05) is 18.2 Å². The third kappa shape index (κ3) is 3.47. The first-order chi connectivity index (χ1) is 11.7. The van der Waals surface area contributed by atoms with Crippen LogP contribution in [0.1, 0.15) is 22.3 Å². The molecule has 0 unspecified atom stereocenters. The van der Waals surface area contributed by atoms with Crippen LogP contribution in [-0.2, 0) is 11.2 Å². The fourth-order valence-corrected chi connectivity index (χ4v) is 2.86. The molecule has 24 heavy (non-hydrogen) atoms. The highest BCUT2D eigenvalue weighted by Crippen LogP contribution is 2.26. The highest BCUT2D eigenvalue weighted by atomic mass is 16.5. The van der Waals surface area contributed by atoms with Crippen molar-refractivity contribution in [2.45, 2.75) is 12.8 Å². The van der Waals surface area contributed by atoms with Crippen LogP contribution in [-0.4, -0.2) is 24.8 Å². The molecule has 1 N–H and O–H groups in total. The Hall–Kier alpha value is -2.65. The molecule has 0 aliphatic rings. The molecule has 0 spiro atoms. The molecule has 0 saturated heterocycles. The lowest BCUT2D eigenvalue weighted by molar-refractivity contribution is 0.0601. The zero-order valence-electron chi connectivity index (χ0n) is 13.7. The van der Waals surface area contributed by atoms with Crippen molar-refractivity contribution >= 4 is 16.7 Å². The molecule has 0 radical (unpaired) electrons. The van der Waals surface area contributed by atoms with E-state index in [-0.39, 0.29) is 12.6 Å². The van der Waals surface area contributed by atoms with Crippen LogP contribution in [0.5, 0.6) is 0 Å². The number of carbonyl (C=O) groups excluding carboxylic acids is 1. The lowest BCUT2D eigenvalue weighted by atomic mass is 9.98. The van der Waals surface area contributed by atoms with Gasteiger partial charge in [-0.15, -0.1) is 0 Å². The fourth-order valence-electron chi connectivity index (χ4n) is 2.86. The van der Waals surface area contributed by atoms with Crippen molar-refractivity contribution in [2.24, 2.45) is 0 Å². The molecule has 3 aromatic carbocycles. The SMILES string of the molecule is COC(=O)c1ccc2ccc(-c3cccc(CCCO)c3)cc2c1. The molecule has 0 saturated carbocycles. The Morgan fingerprint density at radius 2 is 1.75 bits per heavy atom. The maximum Gasteiger partial charge on any atom is 0.337 e. The lowest BCUT2D eigenvalue weighted by Gasteiger charge is -2.08. The summed E-state index contributed by atoms with van der Waals surface area (Å²) in [7, 11) is 1.39. The highest BCUT2D eigenvalue weighted by molar-refractivity contribution is 5.96. The van der Waals surface area contributed by atoms with Crippen LogP contribution in [0, 0.1) is 0 Å². The normalized spacial score (nSPS) is 10.8. The summed E-state index contributed by atoms with van der Waals surface area (Å²) in [4.78, 5) is 11.7.